The van der Waals surface area contributed by atoms with Crippen molar-refractivity contribution in [3.05, 3.63) is 11.5 Å². The van der Waals surface area contributed by atoms with Crippen molar-refractivity contribution in [3.8, 4) is 0 Å². The minimum Gasteiger partial charge on any atom is -0.665 e. The molecule has 0 aliphatic rings. The van der Waals surface area contributed by atoms with Crippen LogP contribution in [0.4, 0.5) is 0 Å². The quantitative estimate of drug-likeness (QED) is 0.0153. The van der Waals surface area contributed by atoms with E-state index in [-0.39, 0.29) is 40.3 Å². The van der Waals surface area contributed by atoms with Crippen LogP contribution in [0, 0.1) is 0 Å². The number of ether oxygens (including phenoxy) is 12. The third kappa shape index (κ3) is 189. The highest BCUT2D eigenvalue weighted by Gasteiger charge is 1.88. The van der Waals surface area contributed by atoms with E-state index in [1.807, 2.05) is 0 Å². The molecule has 0 saturated heterocycles. The smallest absolute Gasteiger partial charge is 0.0976 e. The Morgan fingerprint density at radius 1 is 0.284 bits per heavy atom. The van der Waals surface area contributed by atoms with Gasteiger partial charge in [0.05, 0.1) is 173 Å². The number of hydrogen-bond donors (Lipinski definition) is 20. The number of hydrogen-bond acceptors (Lipinski definition) is 36. The average Bonchev–Trinajstić information content (AvgIpc) is 3.41. The summed E-state index contributed by atoms with van der Waals surface area (Å²) in [7, 11) is 6.53. The third-order valence-electron chi connectivity index (χ3n) is 5.31. The van der Waals surface area contributed by atoms with Crippen LogP contribution in [-0.4, -0.2) is 241 Å². The molecule has 0 unspecified atom stereocenters. The number of methoxy groups -OCH3 is 4. The van der Waals surface area contributed by atoms with Gasteiger partial charge in [-0.1, -0.05) is 0 Å². The lowest BCUT2D eigenvalue weighted by atomic mass is 10.8. The van der Waals surface area contributed by atoms with Crippen LogP contribution in [-0.2, 0) is 76.2 Å². The first-order chi connectivity index (χ1) is 36.1. The van der Waals surface area contributed by atoms with Crippen LogP contribution >= 0.6 is 0 Å². The summed E-state index contributed by atoms with van der Waals surface area (Å²) in [5, 5.41) is 11.2. The Morgan fingerprint density at radius 3 is 0.689 bits per heavy atom. The molecule has 0 aliphatic carbocycles. The molecular weight excluding hydrogens is 997 g/mol. The Hall–Kier alpha value is -1.52. The molecule has 0 rings (SSSR count). The van der Waals surface area contributed by atoms with Crippen LogP contribution < -0.4 is 113 Å². The first-order valence-electron chi connectivity index (χ1n) is 22.6. The molecule has 36 N–H and O–H groups in total. The van der Waals surface area contributed by atoms with E-state index in [1.165, 1.54) is 0 Å². The molecule has 0 bridgehead atoms. The Kier molecular flexibility index (Phi) is 165. The molecule has 0 atom stereocenters. The fourth-order valence-corrected chi connectivity index (χ4v) is 2.39. The second-order valence-corrected chi connectivity index (χ2v) is 10.8. The van der Waals surface area contributed by atoms with Crippen LogP contribution in [0.3, 0.4) is 0 Å². The maximum atomic E-state index is 5.99. The molecule has 0 aromatic rings. The summed E-state index contributed by atoms with van der Waals surface area (Å²) in [6, 6.07) is 0. The van der Waals surface area contributed by atoms with E-state index in [9.17, 15) is 0 Å². The summed E-state index contributed by atoms with van der Waals surface area (Å²) in [5.41, 5.74) is 76.5. The van der Waals surface area contributed by atoms with Crippen molar-refractivity contribution in [2.24, 2.45) is 80.6 Å². The van der Waals surface area contributed by atoms with E-state index < -0.39 is 0 Å². The molecule has 0 aromatic carbocycles. The van der Waals surface area contributed by atoms with Gasteiger partial charge in [0.15, 0.2) is 0 Å². The second kappa shape index (κ2) is 129. The number of nitrogens with one attached hydrogen (secondary N) is 8. The number of rotatable bonds is 44. The maximum absolute atomic E-state index is 5.99. The van der Waals surface area contributed by atoms with Crippen LogP contribution in [0.15, 0.2) is 0 Å². The van der Waals surface area contributed by atoms with Gasteiger partial charge in [0.2, 0.25) is 0 Å². The molecule has 0 aromatic heterocycles. The molecule has 0 fully saturated rings. The predicted molar refractivity (Wildman–Crippen MR) is 283 cm³/mol. The van der Waals surface area contributed by atoms with Crippen LogP contribution in [0.1, 0.15) is 0 Å². The van der Waals surface area contributed by atoms with Crippen molar-refractivity contribution in [2.75, 3.05) is 241 Å². The molecule has 0 spiro atoms. The van der Waals surface area contributed by atoms with Crippen molar-refractivity contribution < 1.29 is 76.2 Å². The lowest BCUT2D eigenvalue weighted by molar-refractivity contribution is -0.00699. The normalized spacial score (nSPS) is 9.57. The lowest BCUT2D eigenvalue weighted by Gasteiger charge is -2.04. The maximum Gasteiger partial charge on any atom is 0.0976 e. The number of hydroxylamine groups is 2. The largest absolute Gasteiger partial charge is 0.665 e. The molecule has 38 nitrogen and oxygen atoms in total. The molecule has 0 saturated carbocycles. The van der Waals surface area contributed by atoms with Crippen molar-refractivity contribution in [3.63, 3.8) is 0 Å². The van der Waals surface area contributed by atoms with Crippen molar-refractivity contribution in [1.82, 2.24) is 32.2 Å². The van der Waals surface area contributed by atoms with E-state index in [0.29, 0.717) is 173 Å². The first-order valence-corrected chi connectivity index (χ1v) is 22.6. The molecule has 38 heteroatoms. The van der Waals surface area contributed by atoms with E-state index in [2.05, 4.69) is 73.5 Å². The molecule has 0 amide bonds. The Bertz CT molecular complexity index is 607. The zero-order valence-corrected chi connectivity index (χ0v) is 45.2. The third-order valence-corrected chi connectivity index (χ3v) is 5.31. The van der Waals surface area contributed by atoms with Crippen LogP contribution in [0.5, 0.6) is 0 Å². The van der Waals surface area contributed by atoms with Gasteiger partial charge >= 0.3 is 0 Å². The van der Waals surface area contributed by atoms with E-state index in [0.717, 1.165) is 0 Å². The first kappa shape index (κ1) is 94.9. The summed E-state index contributed by atoms with van der Waals surface area (Å²) in [4.78, 5) is 17.9. The molecule has 0 radical (unpaired) electrons. The fraction of sp³-hybridized carbons (Fsp3) is 1.00. The highest BCUT2D eigenvalue weighted by atomic mass is 16.7. The Morgan fingerprint density at radius 2 is 0.486 bits per heavy atom. The second-order valence-electron chi connectivity index (χ2n) is 10.8. The average molecular weight is 1110 g/mol. The van der Waals surface area contributed by atoms with Crippen molar-refractivity contribution >= 4 is 0 Å². The van der Waals surface area contributed by atoms with Gasteiger partial charge in [0.25, 0.3) is 0 Å². The molecule has 0 aliphatic heterocycles. The van der Waals surface area contributed by atoms with Gasteiger partial charge < -0.3 is 147 Å². The minimum absolute atomic E-state index is 0. The van der Waals surface area contributed by atoms with Gasteiger partial charge in [0.1, 0.15) is 0 Å². The lowest BCUT2D eigenvalue weighted by Crippen LogP contribution is -2.27. The van der Waals surface area contributed by atoms with Gasteiger partial charge in [-0.3, -0.25) is 30.9 Å². The van der Waals surface area contributed by atoms with E-state index in [1.54, 1.807) is 28.4 Å². The predicted octanol–water partition coefficient (Wildman–Crippen LogP) is -9.31. The highest BCUT2D eigenvalue weighted by Crippen LogP contribution is 1.74. The molecular formula is C36H112N22O16-2. The van der Waals surface area contributed by atoms with Crippen molar-refractivity contribution in [2.45, 2.75) is 0 Å². The monoisotopic (exact) mass is 1110 g/mol. The zero-order valence-electron chi connectivity index (χ0n) is 45.2. The summed E-state index contributed by atoms with van der Waals surface area (Å²) < 4.78 is 57.6. The van der Waals surface area contributed by atoms with Gasteiger partial charge in [0, 0.05) is 55.1 Å². The van der Waals surface area contributed by atoms with Gasteiger partial charge in [-0.25, -0.2) is 11.8 Å². The summed E-state index contributed by atoms with van der Waals surface area (Å²) in [6.07, 6.45) is 0. The van der Waals surface area contributed by atoms with Crippen LogP contribution in [0.25, 0.3) is 11.5 Å². The van der Waals surface area contributed by atoms with E-state index in [4.69, 9.17) is 127 Å². The summed E-state index contributed by atoms with van der Waals surface area (Å²) in [5.74, 6) is 9.37. The molecule has 74 heavy (non-hydrogen) atoms. The number of nitrogens with two attached hydrogens (primary N) is 14. The zero-order chi connectivity index (χ0) is 58.2. The Labute approximate surface area is 441 Å². The van der Waals surface area contributed by atoms with Gasteiger partial charge in [-0.2, -0.15) is 11.0 Å². The minimum atomic E-state index is 0. The summed E-state index contributed by atoms with van der Waals surface area (Å²) >= 11 is 0. The van der Waals surface area contributed by atoms with Gasteiger partial charge in [-0.15, -0.1) is 13.3 Å². The topological polar surface area (TPSA) is 632 Å². The van der Waals surface area contributed by atoms with Gasteiger partial charge in [-0.05, 0) is 0 Å². The Balaban J connectivity index is -0.0000000781. The molecule has 464 valence electrons. The highest BCUT2D eigenvalue weighted by molar-refractivity contribution is 4.33. The molecule has 0 heterocycles. The summed E-state index contributed by atoms with van der Waals surface area (Å²) in [6.45, 7) is 13.9. The van der Waals surface area contributed by atoms with E-state index >= 15 is 0 Å². The fourth-order valence-electron chi connectivity index (χ4n) is 2.39. The SMILES string of the molecule is COCCOCN.COCCOCN.COCCOCNCN.COCCOCNCN.NCNCOCCON.NCNCOCCONCN.NCNOCCOCN.NCOCCON.[NH-]CN.[NH-]CN. The standard InChI is InChI=1S/C5H16N4O2.2C5H14N2O2.2C4H13N3O2.2C4H11NO2.C3H10N2O2.2CH5N2/c6-3-8-5-10-1-2-11-9-4-7;2*1-8-2-3-9-5-7-4-6;5-3-7-4-8-1-2-9-6;5-3-7-9-2-1-8-4-6;2*1-6-2-3-7-4-5;4-3-6-1-2-7-5;2*2-1-3/h8-9H,1-7H2;2*7H,2-6H2,1H3;2*7H,1-6H2;2*2-5H2,1H3;1-5H2;2*2H,1,3H2/q;;;;;;;;2*-1. The van der Waals surface area contributed by atoms with Crippen LogP contribution in [0.2, 0.25) is 0 Å². The van der Waals surface area contributed by atoms with Crippen molar-refractivity contribution in [1.29, 1.82) is 0 Å².